The van der Waals surface area contributed by atoms with E-state index in [1.807, 2.05) is 24.3 Å². The van der Waals surface area contributed by atoms with E-state index in [0.717, 1.165) is 18.7 Å². The predicted octanol–water partition coefficient (Wildman–Crippen LogP) is 5.15. The van der Waals surface area contributed by atoms with E-state index in [1.165, 1.54) is 6.33 Å². The molecule has 160 valence electrons. The van der Waals surface area contributed by atoms with Crippen LogP contribution in [0.25, 0.3) is 0 Å². The van der Waals surface area contributed by atoms with Crippen molar-refractivity contribution in [3.05, 3.63) is 83.9 Å². The van der Waals surface area contributed by atoms with Gasteiger partial charge in [-0.05, 0) is 43.2 Å². The zero-order valence-electron chi connectivity index (χ0n) is 17.0. The number of amides is 1. The highest BCUT2D eigenvalue weighted by Gasteiger charge is 2.23. The highest BCUT2D eigenvalue weighted by atomic mass is 35.5. The molecule has 5 rings (SSSR count). The van der Waals surface area contributed by atoms with Crippen LogP contribution in [-0.2, 0) is 0 Å². The van der Waals surface area contributed by atoms with Gasteiger partial charge in [0.05, 0.1) is 10.7 Å². The van der Waals surface area contributed by atoms with E-state index in [1.54, 1.807) is 47.6 Å². The number of aromatic amines is 1. The number of H-pyrrole nitrogens is 1. The predicted molar refractivity (Wildman–Crippen MR) is 125 cm³/mol. The van der Waals surface area contributed by atoms with E-state index < -0.39 is 0 Å². The molecule has 4 aromatic rings. The lowest BCUT2D eigenvalue weighted by atomic mass is 10.2. The van der Waals surface area contributed by atoms with E-state index in [0.29, 0.717) is 39.8 Å². The second-order valence-corrected chi connectivity index (χ2v) is 7.82. The summed E-state index contributed by atoms with van der Waals surface area (Å²) in [7, 11) is 0. The Morgan fingerprint density at radius 2 is 1.91 bits per heavy atom. The lowest BCUT2D eigenvalue weighted by Gasteiger charge is -2.23. The molecule has 1 aliphatic carbocycles. The van der Waals surface area contributed by atoms with Crippen molar-refractivity contribution >= 4 is 46.5 Å². The molecule has 0 saturated heterocycles. The van der Waals surface area contributed by atoms with Crippen molar-refractivity contribution in [1.82, 2.24) is 19.9 Å². The Balaban J connectivity index is 1.50. The van der Waals surface area contributed by atoms with Gasteiger partial charge in [-0.25, -0.2) is 15.0 Å². The van der Waals surface area contributed by atoms with Gasteiger partial charge >= 0.3 is 0 Å². The summed E-state index contributed by atoms with van der Waals surface area (Å²) in [5.41, 5.74) is 1.78. The van der Waals surface area contributed by atoms with E-state index in [4.69, 9.17) is 11.6 Å². The Morgan fingerprint density at radius 3 is 2.66 bits per heavy atom. The quantitative estimate of drug-likeness (QED) is 0.364. The summed E-state index contributed by atoms with van der Waals surface area (Å²) in [5, 5.41) is 6.78. The molecule has 1 saturated carbocycles. The largest absolute Gasteiger partial charge is 0.367 e. The van der Waals surface area contributed by atoms with Crippen LogP contribution in [0.4, 0.5) is 29.0 Å². The Bertz CT molecular complexity index is 1230. The number of carbonyl (C=O) groups excluding carboxylic acids is 1. The van der Waals surface area contributed by atoms with Crippen LogP contribution in [0.1, 0.15) is 23.2 Å². The van der Waals surface area contributed by atoms with Gasteiger partial charge in [0.2, 0.25) is 5.95 Å². The van der Waals surface area contributed by atoms with Crippen LogP contribution in [0.2, 0.25) is 5.02 Å². The molecule has 2 heterocycles. The van der Waals surface area contributed by atoms with Crippen molar-refractivity contribution in [2.75, 3.05) is 15.5 Å². The molecule has 0 radical (unpaired) electrons. The minimum atomic E-state index is -0.207. The van der Waals surface area contributed by atoms with Crippen LogP contribution in [0, 0.1) is 0 Å². The zero-order valence-corrected chi connectivity index (χ0v) is 17.8. The molecule has 2 aromatic carbocycles. The molecule has 0 spiro atoms. The van der Waals surface area contributed by atoms with E-state index in [9.17, 15) is 4.79 Å². The topological polar surface area (TPSA) is 98.8 Å². The third-order valence-corrected chi connectivity index (χ3v) is 5.31. The van der Waals surface area contributed by atoms with Gasteiger partial charge in [0.15, 0.2) is 0 Å². The molecule has 8 nitrogen and oxygen atoms in total. The molecule has 0 aliphatic heterocycles. The molecule has 0 bridgehead atoms. The number of hydrogen-bond acceptors (Lipinski definition) is 6. The lowest BCUT2D eigenvalue weighted by molar-refractivity contribution is 0.102. The summed E-state index contributed by atoms with van der Waals surface area (Å²) < 4.78 is 0. The fourth-order valence-corrected chi connectivity index (χ4v) is 3.47. The standard InChI is InChI=1S/C23H20ClN7O/c24-18-9-8-17(30-22(32)15-4-2-1-3-5-15)12-19(18)31(23-25-10-11-26-23)21-13-20(27-14-28-21)29-16-6-7-16/h1-5,8-14,16H,6-7H2,(H,25,26)(H,30,32)(H,27,28,29). The Labute approximate surface area is 189 Å². The number of hydrogen-bond donors (Lipinski definition) is 3. The highest BCUT2D eigenvalue weighted by molar-refractivity contribution is 6.33. The minimum Gasteiger partial charge on any atom is -0.367 e. The summed E-state index contributed by atoms with van der Waals surface area (Å²) in [4.78, 5) is 30.7. The van der Waals surface area contributed by atoms with Crippen molar-refractivity contribution in [3.8, 4) is 0 Å². The average molecular weight is 446 g/mol. The monoisotopic (exact) mass is 445 g/mol. The van der Waals surface area contributed by atoms with Gasteiger partial charge in [0, 0.05) is 35.8 Å². The number of imidazole rings is 1. The molecule has 32 heavy (non-hydrogen) atoms. The maximum absolute atomic E-state index is 12.6. The maximum Gasteiger partial charge on any atom is 0.255 e. The molecule has 0 unspecified atom stereocenters. The third-order valence-electron chi connectivity index (χ3n) is 4.99. The van der Waals surface area contributed by atoms with Crippen molar-refractivity contribution in [2.45, 2.75) is 18.9 Å². The number of anilines is 5. The van der Waals surface area contributed by atoms with Crippen LogP contribution in [0.3, 0.4) is 0 Å². The summed E-state index contributed by atoms with van der Waals surface area (Å²) in [6.45, 7) is 0. The molecule has 1 aliphatic rings. The summed E-state index contributed by atoms with van der Waals surface area (Å²) in [6, 6.07) is 16.6. The molecule has 1 fully saturated rings. The zero-order chi connectivity index (χ0) is 21.9. The van der Waals surface area contributed by atoms with E-state index in [-0.39, 0.29) is 5.91 Å². The average Bonchev–Trinajstić information content (AvgIpc) is 3.47. The summed E-state index contributed by atoms with van der Waals surface area (Å²) >= 11 is 6.59. The van der Waals surface area contributed by atoms with Gasteiger partial charge in [-0.2, -0.15) is 0 Å². The van der Waals surface area contributed by atoms with Gasteiger partial charge < -0.3 is 15.6 Å². The number of rotatable bonds is 7. The molecule has 0 atom stereocenters. The smallest absolute Gasteiger partial charge is 0.255 e. The second-order valence-electron chi connectivity index (χ2n) is 7.41. The first-order chi connectivity index (χ1) is 15.7. The SMILES string of the molecule is O=C(Nc1ccc(Cl)c(N(c2cc(NC3CC3)ncn2)c2ncc[nH]2)c1)c1ccccc1. The number of carbonyl (C=O) groups is 1. The van der Waals surface area contributed by atoms with E-state index >= 15 is 0 Å². The van der Waals surface area contributed by atoms with Crippen LogP contribution in [0.5, 0.6) is 0 Å². The number of nitrogens with zero attached hydrogens (tertiary/aromatic N) is 4. The Morgan fingerprint density at radius 1 is 1.06 bits per heavy atom. The molecule has 1 amide bonds. The van der Waals surface area contributed by atoms with Crippen molar-refractivity contribution in [1.29, 1.82) is 0 Å². The van der Waals surface area contributed by atoms with E-state index in [2.05, 4.69) is 30.6 Å². The fourth-order valence-electron chi connectivity index (χ4n) is 3.26. The van der Waals surface area contributed by atoms with Gasteiger partial charge in [-0.15, -0.1) is 0 Å². The second kappa shape index (κ2) is 8.68. The Kier molecular flexibility index (Phi) is 5.43. The minimum absolute atomic E-state index is 0.207. The van der Waals surface area contributed by atoms with Crippen molar-refractivity contribution in [3.63, 3.8) is 0 Å². The first kappa shape index (κ1) is 20.0. The molecule has 3 N–H and O–H groups in total. The normalized spacial score (nSPS) is 12.9. The fraction of sp³-hybridized carbons (Fsp3) is 0.130. The first-order valence-corrected chi connectivity index (χ1v) is 10.6. The molecule has 2 aromatic heterocycles. The number of halogens is 1. The molecule has 9 heteroatoms. The third kappa shape index (κ3) is 4.40. The number of nitrogens with one attached hydrogen (secondary N) is 3. The van der Waals surface area contributed by atoms with Crippen LogP contribution >= 0.6 is 11.6 Å². The number of benzene rings is 2. The lowest BCUT2D eigenvalue weighted by Crippen LogP contribution is -2.16. The van der Waals surface area contributed by atoms with Gasteiger partial charge in [0.1, 0.15) is 18.0 Å². The van der Waals surface area contributed by atoms with Gasteiger partial charge in [0.25, 0.3) is 5.91 Å². The van der Waals surface area contributed by atoms with Gasteiger partial charge in [-0.3, -0.25) is 9.69 Å². The molecular formula is C23H20ClN7O. The van der Waals surface area contributed by atoms with Crippen LogP contribution in [-0.4, -0.2) is 31.9 Å². The number of aromatic nitrogens is 4. The molecular weight excluding hydrogens is 426 g/mol. The van der Waals surface area contributed by atoms with Crippen LogP contribution < -0.4 is 15.5 Å². The van der Waals surface area contributed by atoms with Crippen LogP contribution in [0.15, 0.2) is 73.3 Å². The highest BCUT2D eigenvalue weighted by Crippen LogP contribution is 2.38. The first-order valence-electron chi connectivity index (χ1n) is 10.2. The van der Waals surface area contributed by atoms with Crippen molar-refractivity contribution < 1.29 is 4.79 Å². The summed E-state index contributed by atoms with van der Waals surface area (Å²) in [6.07, 6.45) is 7.15. The summed E-state index contributed by atoms with van der Waals surface area (Å²) in [5.74, 6) is 1.65. The maximum atomic E-state index is 12.6. The van der Waals surface area contributed by atoms with Gasteiger partial charge in [-0.1, -0.05) is 29.8 Å². The van der Waals surface area contributed by atoms with Crippen molar-refractivity contribution in [2.24, 2.45) is 0 Å². The Hall–Kier alpha value is -3.91.